The van der Waals surface area contributed by atoms with Crippen LogP contribution in [0.2, 0.25) is 0 Å². The summed E-state index contributed by atoms with van der Waals surface area (Å²) in [6.45, 7) is 10.4. The van der Waals surface area contributed by atoms with Gasteiger partial charge in [0.1, 0.15) is 37.0 Å². The predicted octanol–water partition coefficient (Wildman–Crippen LogP) is 6.18. The van der Waals surface area contributed by atoms with Crippen LogP contribution in [0.1, 0.15) is 108 Å². The largest absolute Gasteiger partial charge is 0.445 e. The van der Waals surface area contributed by atoms with Crippen LogP contribution in [0.5, 0.6) is 0 Å². The molecular weight excluding hydrogens is 1030 g/mol. The fourth-order valence-electron chi connectivity index (χ4n) is 8.58. The van der Waals surface area contributed by atoms with Gasteiger partial charge < -0.3 is 67.6 Å². The average Bonchev–Trinajstić information content (AvgIpc) is 3.89. The third-order valence-corrected chi connectivity index (χ3v) is 13.0. The zero-order chi connectivity index (χ0) is 58.9. The SMILES string of the molecule is Cc1ccc(F)c(-c2cn(Cc3ccccc3)c(C(N(CCC(N)CF)C(=O)COC(=O)N(C)CCNC(=O)OCc3ccc(NC(=O)C(CCCNC(N)=O)NC(=O)C(NC(=O)CCCCCN)C(C)C)cc3)C(C)(C)C)n2)c1. The standard InChI is InChI=1S/C57H82F2N12O9/c1-37(2)49(68-47(72)18-12-9-13-26-60)53(75)67-45(17-14-27-63-54(62)76)52(74)65-42-22-20-40(21-23-42)35-79-55(77)64-28-30-69(7)56(78)80-36-48(73)71(29-25-41(61)32-58)50(57(4,5)6)51-66-46(43-31-38(3)19-24-44(43)59)34-70(51)33-39-15-10-8-11-16-39/h8,10-11,15-16,19-24,31,34,37,41,45,49-50H,9,12-14,17-18,25-30,32-33,35-36,60-61H2,1-7H3,(H,64,77)(H,65,74)(H,67,75)(H,68,72)(H3,62,63,76). The molecule has 21 nitrogen and oxygen atoms in total. The van der Waals surface area contributed by atoms with Crippen molar-refractivity contribution in [2.45, 2.75) is 124 Å². The Morgan fingerprint density at radius 2 is 1.54 bits per heavy atom. The average molecular weight is 1120 g/mol. The van der Waals surface area contributed by atoms with E-state index < -0.39 is 84.6 Å². The van der Waals surface area contributed by atoms with Crippen molar-refractivity contribution < 1.29 is 51.8 Å². The summed E-state index contributed by atoms with van der Waals surface area (Å²) >= 11 is 0. The van der Waals surface area contributed by atoms with Crippen molar-refractivity contribution in [3.63, 3.8) is 0 Å². The van der Waals surface area contributed by atoms with Crippen molar-refractivity contribution in [2.75, 3.05) is 58.4 Å². The highest BCUT2D eigenvalue weighted by atomic mass is 19.1. The van der Waals surface area contributed by atoms with Crippen LogP contribution < -0.4 is 43.8 Å². The van der Waals surface area contributed by atoms with Gasteiger partial charge in [-0.2, -0.15) is 0 Å². The van der Waals surface area contributed by atoms with Gasteiger partial charge in [0, 0.05) is 69.7 Å². The number of hydrogen-bond acceptors (Lipinski definition) is 12. The first-order valence-corrected chi connectivity index (χ1v) is 27.0. The summed E-state index contributed by atoms with van der Waals surface area (Å²) in [5.41, 5.74) is 19.4. The molecule has 11 N–H and O–H groups in total. The Morgan fingerprint density at radius 3 is 2.19 bits per heavy atom. The first kappa shape index (κ1) is 64.9. The molecule has 4 unspecified atom stereocenters. The highest BCUT2D eigenvalue weighted by Crippen LogP contribution is 2.40. The molecule has 4 rings (SSSR count). The van der Waals surface area contributed by atoms with Gasteiger partial charge in [-0.15, -0.1) is 0 Å². The van der Waals surface area contributed by atoms with Gasteiger partial charge in [0.05, 0.1) is 11.7 Å². The number of nitrogens with two attached hydrogens (primary N) is 3. The number of rotatable bonds is 31. The molecule has 0 aliphatic carbocycles. The second-order valence-electron chi connectivity index (χ2n) is 21.2. The number of alkyl carbamates (subject to hydrolysis) is 1. The molecule has 0 aliphatic heterocycles. The van der Waals surface area contributed by atoms with Gasteiger partial charge in [0.2, 0.25) is 17.7 Å². The number of nitrogens with one attached hydrogen (secondary N) is 5. The van der Waals surface area contributed by atoms with E-state index in [0.29, 0.717) is 48.7 Å². The number of ether oxygens (including phenoxy) is 2. The maximum atomic E-state index is 15.4. The summed E-state index contributed by atoms with van der Waals surface area (Å²) in [7, 11) is 1.43. The molecule has 0 bridgehead atoms. The van der Waals surface area contributed by atoms with Gasteiger partial charge in [0.15, 0.2) is 6.61 Å². The summed E-state index contributed by atoms with van der Waals surface area (Å²) in [4.78, 5) is 98.9. The molecule has 3 aromatic carbocycles. The zero-order valence-corrected chi connectivity index (χ0v) is 47.2. The van der Waals surface area contributed by atoms with Gasteiger partial charge in [-0.3, -0.25) is 19.2 Å². The molecule has 438 valence electrons. The molecule has 23 heteroatoms. The Hall–Kier alpha value is -7.66. The molecular formula is C57H82F2N12O9. The Labute approximate surface area is 467 Å². The number of aryl methyl sites for hydroxylation is 1. The number of alkyl halides is 1. The summed E-state index contributed by atoms with van der Waals surface area (Å²) in [5, 5.41) is 13.3. The molecule has 4 aromatic rings. The number of urea groups is 1. The molecule has 0 aliphatic rings. The second-order valence-corrected chi connectivity index (χ2v) is 21.2. The number of aromatic nitrogens is 2. The van der Waals surface area contributed by atoms with Gasteiger partial charge >= 0.3 is 18.2 Å². The topological polar surface area (TPSA) is 300 Å². The van der Waals surface area contributed by atoms with Crippen LogP contribution in [0.3, 0.4) is 0 Å². The first-order valence-electron chi connectivity index (χ1n) is 27.0. The van der Waals surface area contributed by atoms with Crippen LogP contribution in [0.15, 0.2) is 79.0 Å². The minimum absolute atomic E-state index is 0.0141. The predicted molar refractivity (Wildman–Crippen MR) is 301 cm³/mol. The van der Waals surface area contributed by atoms with Crippen molar-refractivity contribution >= 4 is 47.5 Å². The van der Waals surface area contributed by atoms with E-state index in [0.717, 1.165) is 24.0 Å². The van der Waals surface area contributed by atoms with Crippen molar-refractivity contribution in [1.29, 1.82) is 0 Å². The molecule has 0 saturated carbocycles. The lowest BCUT2D eigenvalue weighted by Gasteiger charge is -2.40. The normalized spacial score (nSPS) is 12.8. The Balaban J connectivity index is 1.34. The molecule has 0 radical (unpaired) electrons. The van der Waals surface area contributed by atoms with E-state index in [2.05, 4.69) is 26.6 Å². The van der Waals surface area contributed by atoms with E-state index in [4.69, 9.17) is 31.7 Å². The van der Waals surface area contributed by atoms with Gasteiger partial charge in [0.25, 0.3) is 5.91 Å². The number of carbonyl (C=O) groups excluding carboxylic acids is 7. The summed E-state index contributed by atoms with van der Waals surface area (Å²) in [5.74, 6) is -2.30. The quantitative estimate of drug-likeness (QED) is 0.0262. The van der Waals surface area contributed by atoms with Crippen LogP contribution in [0.25, 0.3) is 11.3 Å². The smallest absolute Gasteiger partial charge is 0.410 e. The zero-order valence-electron chi connectivity index (χ0n) is 47.2. The van der Waals surface area contributed by atoms with Gasteiger partial charge in [-0.1, -0.05) is 95.1 Å². The number of halogens is 2. The Morgan fingerprint density at radius 1 is 0.825 bits per heavy atom. The number of amides is 8. The number of anilines is 1. The number of hydrogen-bond donors (Lipinski definition) is 8. The lowest BCUT2D eigenvalue weighted by Crippen LogP contribution is -2.54. The fourth-order valence-corrected chi connectivity index (χ4v) is 8.58. The number of primary amides is 1. The molecule has 80 heavy (non-hydrogen) atoms. The van der Waals surface area contributed by atoms with Crippen molar-refractivity contribution in [1.82, 2.24) is 40.6 Å². The van der Waals surface area contributed by atoms with E-state index in [9.17, 15) is 38.0 Å². The van der Waals surface area contributed by atoms with E-state index in [1.165, 1.54) is 22.9 Å². The van der Waals surface area contributed by atoms with E-state index in [1.807, 2.05) is 62.6 Å². The lowest BCUT2D eigenvalue weighted by atomic mass is 9.84. The van der Waals surface area contributed by atoms with E-state index in [1.54, 1.807) is 56.4 Å². The molecule has 8 amide bonds. The monoisotopic (exact) mass is 1120 g/mol. The number of benzene rings is 3. The Bertz CT molecular complexity index is 2650. The fraction of sp³-hybridized carbons (Fsp3) is 0.509. The maximum Gasteiger partial charge on any atom is 0.410 e. The summed E-state index contributed by atoms with van der Waals surface area (Å²) in [6.07, 6.45) is 3.02. The van der Waals surface area contributed by atoms with Crippen molar-refractivity contribution in [3.05, 3.63) is 107 Å². The van der Waals surface area contributed by atoms with Gasteiger partial charge in [-0.25, -0.2) is 28.1 Å². The van der Waals surface area contributed by atoms with Crippen molar-refractivity contribution in [3.8, 4) is 11.3 Å². The van der Waals surface area contributed by atoms with Crippen LogP contribution in [-0.4, -0.2) is 132 Å². The minimum Gasteiger partial charge on any atom is -0.445 e. The molecule has 0 spiro atoms. The van der Waals surface area contributed by atoms with Gasteiger partial charge in [-0.05, 0) is 92.3 Å². The molecule has 0 fully saturated rings. The van der Waals surface area contributed by atoms with Crippen LogP contribution in [-0.2, 0) is 41.8 Å². The number of likely N-dealkylation sites (N-methyl/N-ethyl adjacent to an activating group) is 1. The highest BCUT2D eigenvalue weighted by Gasteiger charge is 2.39. The lowest BCUT2D eigenvalue weighted by molar-refractivity contribution is -0.140. The van der Waals surface area contributed by atoms with Crippen LogP contribution >= 0.6 is 0 Å². The first-order chi connectivity index (χ1) is 38.0. The number of unbranched alkanes of at least 4 members (excludes halogenated alkanes) is 2. The van der Waals surface area contributed by atoms with E-state index >= 15 is 4.39 Å². The summed E-state index contributed by atoms with van der Waals surface area (Å²) in [6, 6.07) is 16.4. The molecule has 0 saturated heterocycles. The second kappa shape index (κ2) is 32.4. The number of imidazole rings is 1. The Kier molecular flexibility index (Phi) is 26.3. The molecule has 1 aromatic heterocycles. The summed E-state index contributed by atoms with van der Waals surface area (Å²) < 4.78 is 41.9. The highest BCUT2D eigenvalue weighted by molar-refractivity contribution is 5.98. The minimum atomic E-state index is -1.04. The number of nitrogens with zero attached hydrogens (tertiary/aromatic N) is 4. The van der Waals surface area contributed by atoms with E-state index in [-0.39, 0.29) is 69.4 Å². The number of carbonyl (C=O) groups is 7. The molecule has 4 atom stereocenters. The third-order valence-electron chi connectivity index (χ3n) is 13.0. The van der Waals surface area contributed by atoms with Crippen molar-refractivity contribution in [2.24, 2.45) is 28.5 Å². The third kappa shape index (κ3) is 21.5. The van der Waals surface area contributed by atoms with Crippen LogP contribution in [0.4, 0.5) is 28.9 Å². The van der Waals surface area contributed by atoms with Crippen LogP contribution in [0, 0.1) is 24.1 Å². The molecule has 1 heterocycles. The maximum absolute atomic E-state index is 15.4.